The van der Waals surface area contributed by atoms with Crippen molar-refractivity contribution in [1.82, 2.24) is 9.80 Å². The summed E-state index contributed by atoms with van der Waals surface area (Å²) in [5.41, 5.74) is 2.35. The number of fused-ring (bicyclic) bond motifs is 2. The summed E-state index contributed by atoms with van der Waals surface area (Å²) in [4.78, 5) is 29.8. The number of carboxylic acid groups (broad SMARTS) is 1. The van der Waals surface area contributed by atoms with Crippen molar-refractivity contribution in [3.05, 3.63) is 29.8 Å². The topological polar surface area (TPSA) is 64.1 Å². The molecule has 0 saturated carbocycles. The normalized spacial score (nSPS) is 27.5. The Morgan fingerprint density at radius 2 is 1.81 bits per heavy atom. The van der Waals surface area contributed by atoms with Gasteiger partial charge < -0.3 is 14.9 Å². The van der Waals surface area contributed by atoms with Crippen LogP contribution in [0.2, 0.25) is 0 Å². The highest BCUT2D eigenvalue weighted by Crippen LogP contribution is 2.43. The zero-order valence-electron chi connectivity index (χ0n) is 15.2. The number of carboxylic acids is 1. The number of anilines is 1. The number of amides is 2. The van der Waals surface area contributed by atoms with Gasteiger partial charge in [-0.2, -0.15) is 0 Å². The van der Waals surface area contributed by atoms with Crippen LogP contribution in [0.1, 0.15) is 31.2 Å². The van der Waals surface area contributed by atoms with Crippen molar-refractivity contribution in [2.45, 2.75) is 32.1 Å². The van der Waals surface area contributed by atoms with E-state index >= 15 is 0 Å². The first-order chi connectivity index (χ1) is 12.5. The van der Waals surface area contributed by atoms with Gasteiger partial charge in [-0.3, -0.25) is 9.69 Å². The van der Waals surface area contributed by atoms with Crippen molar-refractivity contribution in [3.63, 3.8) is 0 Å². The molecule has 3 fully saturated rings. The van der Waals surface area contributed by atoms with Crippen molar-refractivity contribution in [3.8, 4) is 0 Å². The minimum Gasteiger partial charge on any atom is -0.481 e. The van der Waals surface area contributed by atoms with Crippen LogP contribution >= 0.6 is 0 Å². The third-order valence-corrected chi connectivity index (χ3v) is 6.36. The molecule has 3 saturated heterocycles. The second kappa shape index (κ2) is 6.91. The molecule has 2 amide bonds. The van der Waals surface area contributed by atoms with E-state index in [1.54, 1.807) is 0 Å². The van der Waals surface area contributed by atoms with Gasteiger partial charge in [0, 0.05) is 38.3 Å². The molecule has 3 aliphatic heterocycles. The fourth-order valence-corrected chi connectivity index (χ4v) is 4.64. The van der Waals surface area contributed by atoms with Crippen molar-refractivity contribution in [2.24, 2.45) is 5.41 Å². The Labute approximate surface area is 154 Å². The third kappa shape index (κ3) is 3.43. The Balaban J connectivity index is 1.32. The van der Waals surface area contributed by atoms with Crippen LogP contribution in [0.25, 0.3) is 0 Å². The molecule has 3 aliphatic rings. The molecule has 3 heterocycles. The maximum atomic E-state index is 12.8. The zero-order valence-corrected chi connectivity index (χ0v) is 15.2. The lowest BCUT2D eigenvalue weighted by atomic mass is 9.81. The second-order valence-corrected chi connectivity index (χ2v) is 8.01. The molecule has 1 aromatic carbocycles. The first kappa shape index (κ1) is 17.3. The van der Waals surface area contributed by atoms with Crippen molar-refractivity contribution in [1.29, 1.82) is 0 Å². The Bertz CT molecular complexity index is 680. The summed E-state index contributed by atoms with van der Waals surface area (Å²) in [6.45, 7) is 6.06. The molecule has 0 unspecified atom stereocenters. The van der Waals surface area contributed by atoms with Gasteiger partial charge in [0.25, 0.3) is 0 Å². The van der Waals surface area contributed by atoms with Gasteiger partial charge in [-0.15, -0.1) is 0 Å². The fourth-order valence-electron chi connectivity index (χ4n) is 4.64. The minimum absolute atomic E-state index is 0.104. The van der Waals surface area contributed by atoms with Gasteiger partial charge in [-0.05, 0) is 61.9 Å². The highest BCUT2D eigenvalue weighted by atomic mass is 16.4. The highest BCUT2D eigenvalue weighted by molar-refractivity contribution is 5.94. The molecular weight excluding hydrogens is 330 g/mol. The standard InChI is InChI=1S/C20H27N3O3/c24-18(25)6-3-16-1-4-17(5-2-16)23-14-13-22(19(23)26)12-9-20-7-10-21(15-20)11-8-20/h1-2,4-5H,3,6-15H2,(H,24,25). The highest BCUT2D eigenvalue weighted by Gasteiger charge is 2.44. The van der Waals surface area contributed by atoms with E-state index in [4.69, 9.17) is 5.11 Å². The number of aliphatic carboxylic acids is 1. The van der Waals surface area contributed by atoms with Gasteiger partial charge in [0.2, 0.25) is 0 Å². The fraction of sp³-hybridized carbons (Fsp3) is 0.600. The Morgan fingerprint density at radius 1 is 1.08 bits per heavy atom. The van der Waals surface area contributed by atoms with E-state index < -0.39 is 5.97 Å². The average molecular weight is 357 g/mol. The van der Waals surface area contributed by atoms with Crippen molar-refractivity contribution < 1.29 is 14.7 Å². The molecule has 1 aromatic rings. The van der Waals surface area contributed by atoms with E-state index in [2.05, 4.69) is 4.90 Å². The van der Waals surface area contributed by atoms with Crippen LogP contribution in [0.3, 0.4) is 0 Å². The van der Waals surface area contributed by atoms with Crippen LogP contribution in [0.5, 0.6) is 0 Å². The Hall–Kier alpha value is -2.08. The lowest BCUT2D eigenvalue weighted by Crippen LogP contribution is -2.35. The quantitative estimate of drug-likeness (QED) is 0.814. The van der Waals surface area contributed by atoms with Gasteiger partial charge in [0.15, 0.2) is 0 Å². The molecule has 26 heavy (non-hydrogen) atoms. The van der Waals surface area contributed by atoms with E-state index in [9.17, 15) is 9.59 Å². The number of hydrogen-bond donors (Lipinski definition) is 1. The molecule has 6 heteroatoms. The first-order valence-corrected chi connectivity index (χ1v) is 9.64. The second-order valence-electron chi connectivity index (χ2n) is 8.01. The summed E-state index contributed by atoms with van der Waals surface area (Å²) in [5.74, 6) is -0.786. The van der Waals surface area contributed by atoms with Crippen LogP contribution in [-0.2, 0) is 11.2 Å². The maximum Gasteiger partial charge on any atom is 0.324 e. The van der Waals surface area contributed by atoms with Gasteiger partial charge in [-0.25, -0.2) is 4.79 Å². The molecule has 4 rings (SSSR count). The number of urea groups is 1. The summed E-state index contributed by atoms with van der Waals surface area (Å²) >= 11 is 0. The first-order valence-electron chi connectivity index (χ1n) is 9.64. The number of rotatable bonds is 7. The molecule has 1 N–H and O–H groups in total. The van der Waals surface area contributed by atoms with Crippen LogP contribution in [0, 0.1) is 5.41 Å². The lowest BCUT2D eigenvalue weighted by molar-refractivity contribution is -0.136. The van der Waals surface area contributed by atoms with Crippen LogP contribution < -0.4 is 4.90 Å². The molecule has 0 radical (unpaired) electrons. The predicted octanol–water partition coefficient (Wildman–Crippen LogP) is 2.43. The summed E-state index contributed by atoms with van der Waals surface area (Å²) in [5, 5.41) is 8.77. The molecule has 0 aromatic heterocycles. The summed E-state index contributed by atoms with van der Waals surface area (Å²) in [6.07, 6.45) is 4.36. The van der Waals surface area contributed by atoms with E-state index in [1.165, 1.54) is 32.5 Å². The van der Waals surface area contributed by atoms with Crippen LogP contribution in [0.15, 0.2) is 24.3 Å². The smallest absolute Gasteiger partial charge is 0.324 e. The molecule has 0 spiro atoms. The maximum absolute atomic E-state index is 12.8. The SMILES string of the molecule is O=C(O)CCc1ccc(N2CCN(CCC34CCN(CC3)C4)C2=O)cc1. The summed E-state index contributed by atoms with van der Waals surface area (Å²) in [6, 6.07) is 7.83. The Morgan fingerprint density at radius 3 is 2.42 bits per heavy atom. The minimum atomic E-state index is -0.786. The number of hydrogen-bond acceptors (Lipinski definition) is 3. The van der Waals surface area contributed by atoms with E-state index in [0.717, 1.165) is 37.3 Å². The number of nitrogens with zero attached hydrogens (tertiary/aromatic N) is 3. The van der Waals surface area contributed by atoms with Gasteiger partial charge >= 0.3 is 12.0 Å². The molecule has 0 aliphatic carbocycles. The number of carbonyl (C=O) groups is 2. The third-order valence-electron chi connectivity index (χ3n) is 6.36. The summed E-state index contributed by atoms with van der Waals surface area (Å²) < 4.78 is 0. The molecular formula is C20H27N3O3. The monoisotopic (exact) mass is 357 g/mol. The predicted molar refractivity (Wildman–Crippen MR) is 99.4 cm³/mol. The van der Waals surface area contributed by atoms with Crippen LogP contribution in [0.4, 0.5) is 10.5 Å². The van der Waals surface area contributed by atoms with Crippen molar-refractivity contribution in [2.75, 3.05) is 44.2 Å². The largest absolute Gasteiger partial charge is 0.481 e. The number of benzene rings is 1. The summed E-state index contributed by atoms with van der Waals surface area (Å²) in [7, 11) is 0. The average Bonchev–Trinajstić information content (AvgIpc) is 3.34. The van der Waals surface area contributed by atoms with Crippen LogP contribution in [-0.4, -0.2) is 66.2 Å². The molecule has 0 atom stereocenters. The number of aryl methyl sites for hydroxylation is 1. The van der Waals surface area contributed by atoms with E-state index in [0.29, 0.717) is 11.8 Å². The molecule has 140 valence electrons. The molecule has 6 nitrogen and oxygen atoms in total. The Kier molecular flexibility index (Phi) is 4.61. The van der Waals surface area contributed by atoms with E-state index in [-0.39, 0.29) is 12.5 Å². The molecule has 2 bridgehead atoms. The van der Waals surface area contributed by atoms with Crippen molar-refractivity contribution >= 4 is 17.7 Å². The van der Waals surface area contributed by atoms with Gasteiger partial charge in [-0.1, -0.05) is 12.1 Å². The zero-order chi connectivity index (χ0) is 18.1. The van der Waals surface area contributed by atoms with E-state index in [1.807, 2.05) is 34.1 Å². The number of piperidine rings is 1. The van der Waals surface area contributed by atoms with Gasteiger partial charge in [0.05, 0.1) is 0 Å². The lowest BCUT2D eigenvalue weighted by Gasteiger charge is -2.28. The van der Waals surface area contributed by atoms with Gasteiger partial charge in [0.1, 0.15) is 0 Å². The number of carbonyl (C=O) groups excluding carboxylic acids is 1.